The summed E-state index contributed by atoms with van der Waals surface area (Å²) in [4.78, 5) is 28.7. The molecule has 0 aliphatic carbocycles. The number of cyclic esters (lactones) is 1. The van der Waals surface area contributed by atoms with E-state index in [2.05, 4.69) is 5.32 Å². The van der Waals surface area contributed by atoms with Gasteiger partial charge in [-0.15, -0.1) is 0 Å². The lowest BCUT2D eigenvalue weighted by Crippen LogP contribution is -2.49. The Labute approximate surface area is 178 Å². The van der Waals surface area contributed by atoms with Crippen LogP contribution < -0.4 is 15.1 Å². The average molecular weight is 442 g/mol. The number of ether oxygens (including phenoxy) is 2. The Morgan fingerprint density at radius 3 is 2.47 bits per heavy atom. The fraction of sp³-hybridized carbons (Fsp3) is 0.526. The highest BCUT2D eigenvalue weighted by molar-refractivity contribution is 7.80. The van der Waals surface area contributed by atoms with Crippen molar-refractivity contribution in [3.8, 4) is 0 Å². The van der Waals surface area contributed by atoms with Crippen LogP contribution >= 0.6 is 12.2 Å². The van der Waals surface area contributed by atoms with Crippen LogP contribution in [0.4, 0.5) is 29.7 Å². The molecule has 2 aliphatic heterocycles. The van der Waals surface area contributed by atoms with Gasteiger partial charge in [-0.25, -0.2) is 18.4 Å². The third-order valence-electron chi connectivity index (χ3n) is 4.89. The van der Waals surface area contributed by atoms with Gasteiger partial charge < -0.3 is 24.6 Å². The molecule has 0 radical (unpaired) electrons. The highest BCUT2D eigenvalue weighted by Gasteiger charge is 2.34. The van der Waals surface area contributed by atoms with Gasteiger partial charge in [0, 0.05) is 38.3 Å². The second kappa shape index (κ2) is 9.41. The van der Waals surface area contributed by atoms with Crippen LogP contribution in [0.2, 0.25) is 0 Å². The van der Waals surface area contributed by atoms with Crippen molar-refractivity contribution in [3.63, 3.8) is 0 Å². The number of benzene rings is 1. The van der Waals surface area contributed by atoms with Gasteiger partial charge in [-0.05, 0) is 13.8 Å². The fourth-order valence-electron chi connectivity index (χ4n) is 3.43. The van der Waals surface area contributed by atoms with Crippen molar-refractivity contribution in [1.29, 1.82) is 0 Å². The van der Waals surface area contributed by atoms with Crippen LogP contribution in [0, 0.1) is 11.6 Å². The fourth-order valence-corrected chi connectivity index (χ4v) is 3.52. The molecule has 1 atom stereocenters. The number of anilines is 2. The van der Waals surface area contributed by atoms with E-state index in [1.165, 1.54) is 9.80 Å². The minimum atomic E-state index is -0.779. The largest absolute Gasteiger partial charge is 0.450 e. The normalized spacial score (nSPS) is 19.0. The van der Waals surface area contributed by atoms with E-state index in [0.717, 1.165) is 12.1 Å². The number of carbonyl (C=O) groups excluding carboxylic acids is 2. The third kappa shape index (κ3) is 4.89. The van der Waals surface area contributed by atoms with Crippen LogP contribution in [0.15, 0.2) is 12.1 Å². The van der Waals surface area contributed by atoms with E-state index in [1.54, 1.807) is 18.7 Å². The molecule has 0 spiro atoms. The topological polar surface area (TPSA) is 74.3 Å². The number of piperazine rings is 1. The summed E-state index contributed by atoms with van der Waals surface area (Å²) >= 11 is 4.93. The van der Waals surface area contributed by atoms with Crippen LogP contribution in [-0.4, -0.2) is 74.1 Å². The summed E-state index contributed by atoms with van der Waals surface area (Å²) in [7, 11) is 0. The van der Waals surface area contributed by atoms with Crippen LogP contribution in [0.1, 0.15) is 13.8 Å². The number of nitrogens with one attached hydrogen (secondary N) is 1. The van der Waals surface area contributed by atoms with Crippen molar-refractivity contribution in [2.75, 3.05) is 55.7 Å². The van der Waals surface area contributed by atoms with Crippen LogP contribution in [0.3, 0.4) is 0 Å². The Morgan fingerprint density at radius 1 is 1.27 bits per heavy atom. The van der Waals surface area contributed by atoms with Crippen molar-refractivity contribution >= 4 is 40.8 Å². The Balaban J connectivity index is 1.68. The number of thiocarbonyl (C=S) groups is 1. The highest BCUT2D eigenvalue weighted by Crippen LogP contribution is 2.31. The first kappa shape index (κ1) is 22.0. The summed E-state index contributed by atoms with van der Waals surface area (Å²) in [6, 6.07) is 2.25. The SMILES string of the molecule is CCOC(=O)N1CCN(c2c(F)cc(N3CC(CNC(C)=S)OC3=O)cc2F)CC1. The molecule has 1 N–H and O–H groups in total. The maximum Gasteiger partial charge on any atom is 0.414 e. The van der Waals surface area contributed by atoms with E-state index in [9.17, 15) is 18.4 Å². The molecule has 8 nitrogen and oxygen atoms in total. The Bertz CT molecular complexity index is 810. The Hall–Kier alpha value is -2.69. The van der Waals surface area contributed by atoms with Crippen LogP contribution in [0.5, 0.6) is 0 Å². The van der Waals surface area contributed by atoms with E-state index in [4.69, 9.17) is 21.7 Å². The van der Waals surface area contributed by atoms with E-state index in [0.29, 0.717) is 24.6 Å². The molecule has 1 aromatic rings. The van der Waals surface area contributed by atoms with Gasteiger partial charge in [-0.3, -0.25) is 4.90 Å². The summed E-state index contributed by atoms with van der Waals surface area (Å²) in [5.74, 6) is -1.56. The molecular formula is C19H24F2N4O4S. The summed E-state index contributed by atoms with van der Waals surface area (Å²) in [6.45, 7) is 5.30. The number of halogens is 2. The summed E-state index contributed by atoms with van der Waals surface area (Å²) in [5.41, 5.74) is -0.0881. The van der Waals surface area contributed by atoms with Gasteiger partial charge in [0.15, 0.2) is 11.6 Å². The number of hydrogen-bond donors (Lipinski definition) is 1. The third-order valence-corrected chi connectivity index (χ3v) is 5.03. The number of rotatable bonds is 5. The molecule has 164 valence electrons. The number of carbonyl (C=O) groups is 2. The van der Waals surface area contributed by atoms with Gasteiger partial charge in [-0.2, -0.15) is 0 Å². The van der Waals surface area contributed by atoms with Gasteiger partial charge in [0.2, 0.25) is 0 Å². The first-order valence-corrected chi connectivity index (χ1v) is 10.1. The minimum absolute atomic E-state index is 0.0884. The number of hydrogen-bond acceptors (Lipinski definition) is 6. The van der Waals surface area contributed by atoms with Crippen molar-refractivity contribution in [1.82, 2.24) is 10.2 Å². The summed E-state index contributed by atoms with van der Waals surface area (Å²) in [5, 5.41) is 2.91. The average Bonchev–Trinajstić information content (AvgIpc) is 3.07. The zero-order chi connectivity index (χ0) is 21.8. The zero-order valence-corrected chi connectivity index (χ0v) is 17.6. The van der Waals surface area contributed by atoms with Crippen molar-refractivity contribution in [2.45, 2.75) is 20.0 Å². The first-order valence-electron chi connectivity index (χ1n) is 9.68. The second-order valence-corrected chi connectivity index (χ2v) is 7.60. The quantitative estimate of drug-likeness (QED) is 0.703. The molecule has 2 aliphatic rings. The maximum atomic E-state index is 14.8. The van der Waals surface area contributed by atoms with Crippen molar-refractivity contribution in [3.05, 3.63) is 23.8 Å². The Kier molecular flexibility index (Phi) is 6.91. The van der Waals surface area contributed by atoms with E-state index >= 15 is 0 Å². The van der Waals surface area contributed by atoms with Gasteiger partial charge in [-0.1, -0.05) is 12.2 Å². The molecule has 30 heavy (non-hydrogen) atoms. The molecule has 1 unspecified atom stereocenters. The molecule has 2 fully saturated rings. The molecule has 0 saturated carbocycles. The molecule has 2 amide bonds. The first-order chi connectivity index (χ1) is 14.3. The smallest absolute Gasteiger partial charge is 0.414 e. The lowest BCUT2D eigenvalue weighted by molar-refractivity contribution is 0.105. The highest BCUT2D eigenvalue weighted by atomic mass is 32.1. The monoisotopic (exact) mass is 442 g/mol. The molecular weight excluding hydrogens is 418 g/mol. The Morgan fingerprint density at radius 2 is 1.90 bits per heavy atom. The molecule has 0 bridgehead atoms. The second-order valence-electron chi connectivity index (χ2n) is 6.98. The molecule has 2 heterocycles. The predicted octanol–water partition coefficient (Wildman–Crippen LogP) is 2.51. The van der Waals surface area contributed by atoms with Gasteiger partial charge in [0.05, 0.1) is 30.4 Å². The predicted molar refractivity (Wildman–Crippen MR) is 111 cm³/mol. The van der Waals surface area contributed by atoms with E-state index in [-0.39, 0.29) is 37.6 Å². The number of amides is 2. The molecule has 2 saturated heterocycles. The van der Waals surface area contributed by atoms with Crippen molar-refractivity contribution < 1.29 is 27.8 Å². The molecule has 1 aromatic carbocycles. The minimum Gasteiger partial charge on any atom is -0.450 e. The van der Waals surface area contributed by atoms with Crippen LogP contribution in [-0.2, 0) is 9.47 Å². The summed E-state index contributed by atoms with van der Waals surface area (Å²) in [6.07, 6.45) is -1.58. The lowest BCUT2D eigenvalue weighted by Gasteiger charge is -2.35. The van der Waals surface area contributed by atoms with Gasteiger partial charge in [0.1, 0.15) is 11.8 Å². The zero-order valence-electron chi connectivity index (χ0n) is 16.8. The standard InChI is InChI=1S/C19H24F2N4O4S/c1-3-28-18(26)24-6-4-23(5-7-24)17-15(20)8-13(9-16(17)21)25-11-14(29-19(25)27)10-22-12(2)30/h8-9,14H,3-7,10-11H2,1-2H3,(H,22,30). The lowest BCUT2D eigenvalue weighted by atomic mass is 10.2. The van der Waals surface area contributed by atoms with Gasteiger partial charge in [0.25, 0.3) is 0 Å². The van der Waals surface area contributed by atoms with Gasteiger partial charge >= 0.3 is 12.2 Å². The molecule has 11 heteroatoms. The van der Waals surface area contributed by atoms with E-state index < -0.39 is 29.9 Å². The van der Waals surface area contributed by atoms with E-state index in [1.807, 2.05) is 0 Å². The molecule has 3 rings (SSSR count). The van der Waals surface area contributed by atoms with Crippen molar-refractivity contribution in [2.24, 2.45) is 0 Å². The summed E-state index contributed by atoms with van der Waals surface area (Å²) < 4.78 is 39.8. The number of nitrogens with zero attached hydrogens (tertiary/aromatic N) is 3. The molecule has 0 aromatic heterocycles. The maximum absolute atomic E-state index is 14.8. The van der Waals surface area contributed by atoms with Crippen LogP contribution in [0.25, 0.3) is 0 Å².